The standard InChI is InChI=1S/C20H21N5S/c1-3-13(9-21)15(4-2)20-23-19-18(26-20)12-25(24-19)17-11-22-10-14-7-5-6-8-16(14)17/h3-8,11,22,24H,1-2,9-10,12,21H2/b15-13-. The van der Waals surface area contributed by atoms with E-state index in [0.717, 1.165) is 40.8 Å². The van der Waals surface area contributed by atoms with E-state index < -0.39 is 0 Å². The minimum Gasteiger partial charge on any atom is -0.385 e. The van der Waals surface area contributed by atoms with Crippen molar-refractivity contribution < 1.29 is 0 Å². The molecule has 5 nitrogen and oxygen atoms in total. The van der Waals surface area contributed by atoms with Crippen molar-refractivity contribution in [3.63, 3.8) is 0 Å². The Morgan fingerprint density at radius 2 is 2.15 bits per heavy atom. The SMILES string of the molecule is C=C/C(CN)=C(\C=C)c1nc2c(s1)CN(C1=CNCc3ccccc31)N2. The molecule has 0 fully saturated rings. The van der Waals surface area contributed by atoms with Crippen molar-refractivity contribution in [1.82, 2.24) is 15.3 Å². The molecular weight excluding hydrogens is 342 g/mol. The second-order valence-corrected chi connectivity index (χ2v) is 7.19. The predicted octanol–water partition coefficient (Wildman–Crippen LogP) is 3.47. The van der Waals surface area contributed by atoms with Gasteiger partial charge in [-0.1, -0.05) is 49.6 Å². The zero-order valence-corrected chi connectivity index (χ0v) is 15.3. The van der Waals surface area contributed by atoms with E-state index in [9.17, 15) is 0 Å². The van der Waals surface area contributed by atoms with E-state index in [1.54, 1.807) is 23.5 Å². The molecular formula is C20H21N5S. The molecule has 4 rings (SSSR count). The minimum absolute atomic E-state index is 0.421. The number of hydrogen-bond donors (Lipinski definition) is 3. The van der Waals surface area contributed by atoms with Gasteiger partial charge in [0.25, 0.3) is 0 Å². The zero-order chi connectivity index (χ0) is 18.1. The molecule has 3 heterocycles. The lowest BCUT2D eigenvalue weighted by molar-refractivity contribution is 0.492. The van der Waals surface area contributed by atoms with Crippen LogP contribution in [0.1, 0.15) is 21.0 Å². The van der Waals surface area contributed by atoms with Gasteiger partial charge in [0.15, 0.2) is 5.82 Å². The number of nitrogens with zero attached hydrogens (tertiary/aromatic N) is 2. The summed E-state index contributed by atoms with van der Waals surface area (Å²) >= 11 is 1.67. The van der Waals surface area contributed by atoms with Crippen molar-refractivity contribution in [2.75, 3.05) is 12.0 Å². The van der Waals surface area contributed by atoms with Crippen LogP contribution in [0.15, 0.2) is 61.3 Å². The lowest BCUT2D eigenvalue weighted by atomic mass is 10.0. The van der Waals surface area contributed by atoms with Gasteiger partial charge in [0.1, 0.15) is 5.01 Å². The lowest BCUT2D eigenvalue weighted by Gasteiger charge is -2.27. The van der Waals surface area contributed by atoms with Gasteiger partial charge in [-0.05, 0) is 11.1 Å². The van der Waals surface area contributed by atoms with Crippen molar-refractivity contribution in [1.29, 1.82) is 0 Å². The Kier molecular flexibility index (Phi) is 4.36. The fourth-order valence-electron chi connectivity index (χ4n) is 3.26. The van der Waals surface area contributed by atoms with E-state index in [0.29, 0.717) is 6.54 Å². The molecule has 0 unspecified atom stereocenters. The average Bonchev–Trinajstić information content (AvgIpc) is 3.24. The Hall–Kier alpha value is -2.83. The van der Waals surface area contributed by atoms with E-state index in [4.69, 9.17) is 10.7 Å². The molecule has 4 N–H and O–H groups in total. The number of thiazole rings is 1. The van der Waals surface area contributed by atoms with Crippen LogP contribution in [0.2, 0.25) is 0 Å². The quantitative estimate of drug-likeness (QED) is 0.710. The highest BCUT2D eigenvalue weighted by Gasteiger charge is 2.28. The van der Waals surface area contributed by atoms with Crippen LogP contribution < -0.4 is 16.5 Å². The maximum absolute atomic E-state index is 5.81. The maximum atomic E-state index is 5.81. The number of rotatable bonds is 5. The van der Waals surface area contributed by atoms with Gasteiger partial charge in [0, 0.05) is 30.4 Å². The van der Waals surface area contributed by atoms with Crippen molar-refractivity contribution in [3.8, 4) is 0 Å². The van der Waals surface area contributed by atoms with Gasteiger partial charge >= 0.3 is 0 Å². The summed E-state index contributed by atoms with van der Waals surface area (Å²) in [6.07, 6.45) is 5.64. The van der Waals surface area contributed by atoms with Gasteiger partial charge in [-0.3, -0.25) is 10.4 Å². The Bertz CT molecular complexity index is 914. The Labute approximate surface area is 157 Å². The summed E-state index contributed by atoms with van der Waals surface area (Å²) in [7, 11) is 0. The molecule has 0 atom stereocenters. The Morgan fingerprint density at radius 1 is 1.31 bits per heavy atom. The Morgan fingerprint density at radius 3 is 2.88 bits per heavy atom. The topological polar surface area (TPSA) is 66.2 Å². The molecule has 0 aliphatic carbocycles. The molecule has 132 valence electrons. The lowest BCUT2D eigenvalue weighted by Crippen LogP contribution is -2.27. The van der Waals surface area contributed by atoms with E-state index in [1.807, 2.05) is 0 Å². The molecule has 0 bridgehead atoms. The molecule has 0 amide bonds. The molecule has 6 heteroatoms. The van der Waals surface area contributed by atoms with Crippen LogP contribution in [-0.4, -0.2) is 16.5 Å². The summed E-state index contributed by atoms with van der Waals surface area (Å²) in [5.41, 5.74) is 14.8. The van der Waals surface area contributed by atoms with Gasteiger partial charge < -0.3 is 11.1 Å². The molecule has 2 aromatic rings. The number of nitrogens with one attached hydrogen (secondary N) is 2. The second kappa shape index (κ2) is 6.82. The highest BCUT2D eigenvalue weighted by Crippen LogP contribution is 2.38. The molecule has 0 spiro atoms. The third-order valence-corrected chi connectivity index (χ3v) is 5.68. The first-order valence-corrected chi connectivity index (χ1v) is 9.31. The predicted molar refractivity (Wildman–Crippen MR) is 109 cm³/mol. The van der Waals surface area contributed by atoms with Gasteiger partial charge in [-0.25, -0.2) is 4.98 Å². The van der Waals surface area contributed by atoms with E-state index in [-0.39, 0.29) is 0 Å². The van der Waals surface area contributed by atoms with E-state index >= 15 is 0 Å². The molecule has 26 heavy (non-hydrogen) atoms. The fourth-order valence-corrected chi connectivity index (χ4v) is 4.34. The molecule has 1 aromatic heterocycles. The van der Waals surface area contributed by atoms with Gasteiger partial charge in [0.2, 0.25) is 0 Å². The Balaban J connectivity index is 1.61. The number of fused-ring (bicyclic) bond motifs is 2. The van der Waals surface area contributed by atoms with Crippen molar-refractivity contribution in [2.24, 2.45) is 5.73 Å². The number of aromatic nitrogens is 1. The number of anilines is 1. The van der Waals surface area contributed by atoms with Crippen LogP contribution in [0.25, 0.3) is 11.3 Å². The van der Waals surface area contributed by atoms with Crippen LogP contribution >= 0.6 is 11.3 Å². The highest BCUT2D eigenvalue weighted by atomic mass is 32.1. The number of hydrazine groups is 1. The molecule has 0 radical (unpaired) electrons. The van der Waals surface area contributed by atoms with Crippen LogP contribution in [0.3, 0.4) is 0 Å². The van der Waals surface area contributed by atoms with Gasteiger partial charge in [-0.15, -0.1) is 11.3 Å². The first kappa shape index (κ1) is 16.6. The number of allylic oxidation sites excluding steroid dienone is 2. The molecule has 1 aromatic carbocycles. The first-order chi connectivity index (χ1) is 12.7. The zero-order valence-electron chi connectivity index (χ0n) is 14.5. The first-order valence-electron chi connectivity index (χ1n) is 8.49. The molecule has 2 aliphatic rings. The smallest absolute Gasteiger partial charge is 0.161 e. The average molecular weight is 363 g/mol. The van der Waals surface area contributed by atoms with E-state index in [1.165, 1.54) is 16.0 Å². The summed E-state index contributed by atoms with van der Waals surface area (Å²) in [6.45, 7) is 9.79. The monoisotopic (exact) mass is 363 g/mol. The van der Waals surface area contributed by atoms with Crippen molar-refractivity contribution >= 4 is 28.4 Å². The van der Waals surface area contributed by atoms with Crippen LogP contribution in [0.5, 0.6) is 0 Å². The fraction of sp³-hybridized carbons (Fsp3) is 0.150. The number of benzene rings is 1. The van der Waals surface area contributed by atoms with Gasteiger partial charge in [0.05, 0.1) is 17.1 Å². The third kappa shape index (κ3) is 2.73. The number of hydrogen-bond acceptors (Lipinski definition) is 6. The third-order valence-electron chi connectivity index (χ3n) is 4.60. The minimum atomic E-state index is 0.421. The molecule has 2 aliphatic heterocycles. The highest BCUT2D eigenvalue weighted by molar-refractivity contribution is 7.13. The summed E-state index contributed by atoms with van der Waals surface area (Å²) in [4.78, 5) is 5.96. The van der Waals surface area contributed by atoms with Crippen molar-refractivity contribution in [2.45, 2.75) is 13.1 Å². The normalized spacial score (nSPS) is 15.9. The van der Waals surface area contributed by atoms with Crippen LogP contribution in [-0.2, 0) is 13.1 Å². The van der Waals surface area contributed by atoms with E-state index in [2.05, 4.69) is 59.4 Å². The molecule has 0 saturated carbocycles. The summed E-state index contributed by atoms with van der Waals surface area (Å²) in [5, 5.41) is 6.41. The van der Waals surface area contributed by atoms with Crippen molar-refractivity contribution in [3.05, 3.63) is 82.4 Å². The van der Waals surface area contributed by atoms with Crippen LogP contribution in [0.4, 0.5) is 5.82 Å². The number of nitrogens with two attached hydrogens (primary N) is 1. The molecule has 0 saturated heterocycles. The summed E-state index contributed by atoms with van der Waals surface area (Å²) < 4.78 is 0. The maximum Gasteiger partial charge on any atom is 0.161 e. The second-order valence-electron chi connectivity index (χ2n) is 6.11. The largest absolute Gasteiger partial charge is 0.385 e. The summed E-state index contributed by atoms with van der Waals surface area (Å²) in [6, 6.07) is 8.46. The summed E-state index contributed by atoms with van der Waals surface area (Å²) in [5.74, 6) is 0.897. The van der Waals surface area contributed by atoms with Crippen LogP contribution in [0, 0.1) is 0 Å². The van der Waals surface area contributed by atoms with Gasteiger partial charge in [-0.2, -0.15) is 0 Å².